The number of hydrogen-bond donors (Lipinski definition) is 3. The van der Waals surface area contributed by atoms with Crippen molar-refractivity contribution in [2.75, 3.05) is 7.05 Å². The van der Waals surface area contributed by atoms with Crippen molar-refractivity contribution in [3.05, 3.63) is 18.2 Å². The van der Waals surface area contributed by atoms with Gasteiger partial charge in [0.2, 0.25) is 0 Å². The van der Waals surface area contributed by atoms with E-state index in [0.717, 1.165) is 6.42 Å². The highest BCUT2D eigenvalue weighted by Crippen LogP contribution is 2.03. The van der Waals surface area contributed by atoms with Gasteiger partial charge in [0.05, 0.1) is 6.33 Å². The molecule has 1 aromatic rings. The Labute approximate surface area is 112 Å². The van der Waals surface area contributed by atoms with E-state index in [4.69, 9.17) is 5.11 Å². The highest BCUT2D eigenvalue weighted by atomic mass is 16.4. The zero-order chi connectivity index (χ0) is 14.4. The van der Waals surface area contributed by atoms with E-state index in [2.05, 4.69) is 15.3 Å². The number of aromatic nitrogens is 2. The lowest BCUT2D eigenvalue weighted by molar-refractivity contribution is -0.139. The van der Waals surface area contributed by atoms with Crippen LogP contribution in [0.25, 0.3) is 0 Å². The summed E-state index contributed by atoms with van der Waals surface area (Å²) in [6.07, 6.45) is 4.00. The largest absolute Gasteiger partial charge is 0.480 e. The molecule has 7 nitrogen and oxygen atoms in total. The summed E-state index contributed by atoms with van der Waals surface area (Å²) >= 11 is 0. The van der Waals surface area contributed by atoms with Crippen molar-refractivity contribution in [3.8, 4) is 0 Å². The van der Waals surface area contributed by atoms with Crippen LogP contribution >= 0.6 is 0 Å². The maximum atomic E-state index is 11.9. The molecule has 1 rings (SSSR count). The number of aromatic amines is 1. The summed E-state index contributed by atoms with van der Waals surface area (Å²) in [7, 11) is 1.65. The normalized spacial score (nSPS) is 13.6. The molecule has 0 saturated carbocycles. The molecule has 0 aliphatic heterocycles. The minimum absolute atomic E-state index is 0.0570. The third-order valence-electron chi connectivity index (χ3n) is 3.15. The topological polar surface area (TPSA) is 98.3 Å². The van der Waals surface area contributed by atoms with Gasteiger partial charge in [-0.25, -0.2) is 14.6 Å². The van der Waals surface area contributed by atoms with Crippen LogP contribution in [0.5, 0.6) is 0 Å². The van der Waals surface area contributed by atoms with E-state index < -0.39 is 12.0 Å². The molecule has 0 aliphatic rings. The van der Waals surface area contributed by atoms with Crippen LogP contribution in [-0.4, -0.2) is 51.1 Å². The highest BCUT2D eigenvalue weighted by Gasteiger charge is 2.23. The summed E-state index contributed by atoms with van der Waals surface area (Å²) < 4.78 is 0. The van der Waals surface area contributed by atoms with Crippen LogP contribution in [0.1, 0.15) is 26.0 Å². The van der Waals surface area contributed by atoms with Gasteiger partial charge >= 0.3 is 12.0 Å². The van der Waals surface area contributed by atoms with Crippen LogP contribution < -0.4 is 5.32 Å². The number of hydrogen-bond acceptors (Lipinski definition) is 3. The number of nitrogens with zero attached hydrogens (tertiary/aromatic N) is 2. The molecule has 3 N–H and O–H groups in total. The van der Waals surface area contributed by atoms with Gasteiger partial charge in [-0.1, -0.05) is 6.92 Å². The molecule has 2 amide bonds. The quantitative estimate of drug-likeness (QED) is 0.712. The highest BCUT2D eigenvalue weighted by molar-refractivity contribution is 5.82. The molecule has 7 heteroatoms. The van der Waals surface area contributed by atoms with Gasteiger partial charge in [-0.05, 0) is 13.3 Å². The van der Waals surface area contributed by atoms with Gasteiger partial charge in [0, 0.05) is 31.4 Å². The summed E-state index contributed by atoms with van der Waals surface area (Å²) in [6.45, 7) is 3.87. The lowest BCUT2D eigenvalue weighted by Crippen LogP contribution is -2.49. The Bertz CT molecular complexity index is 419. The average Bonchev–Trinajstić information content (AvgIpc) is 2.88. The van der Waals surface area contributed by atoms with Gasteiger partial charge in [0.15, 0.2) is 0 Å². The van der Waals surface area contributed by atoms with Crippen LogP contribution in [-0.2, 0) is 11.2 Å². The molecule has 19 heavy (non-hydrogen) atoms. The minimum Gasteiger partial charge on any atom is -0.480 e. The standard InChI is InChI=1S/C12H20N4O3/c1-4-8(2)16(3)12(19)15-10(11(17)18)5-9-6-13-7-14-9/h6-8,10H,4-5H2,1-3H3,(H,13,14)(H,15,19)(H,17,18)/t8?,10-/m1/s1. The number of aliphatic carboxylic acids is 1. The third kappa shape index (κ3) is 4.27. The van der Waals surface area contributed by atoms with Gasteiger partial charge in [-0.15, -0.1) is 0 Å². The Kier molecular flexibility index (Phi) is 5.35. The first-order valence-corrected chi connectivity index (χ1v) is 6.19. The first-order chi connectivity index (χ1) is 8.95. The molecule has 0 bridgehead atoms. The number of nitrogens with one attached hydrogen (secondary N) is 2. The number of urea groups is 1. The Hall–Kier alpha value is -2.05. The second-order valence-electron chi connectivity index (χ2n) is 4.49. The fourth-order valence-electron chi connectivity index (χ4n) is 1.54. The predicted molar refractivity (Wildman–Crippen MR) is 69.8 cm³/mol. The van der Waals surface area contributed by atoms with Crippen LogP contribution in [0.3, 0.4) is 0 Å². The first kappa shape index (κ1) is 15.0. The fourth-order valence-corrected chi connectivity index (χ4v) is 1.54. The average molecular weight is 268 g/mol. The van der Waals surface area contributed by atoms with E-state index >= 15 is 0 Å². The van der Waals surface area contributed by atoms with Gasteiger partial charge in [0.1, 0.15) is 6.04 Å². The van der Waals surface area contributed by atoms with Crippen molar-refractivity contribution in [1.82, 2.24) is 20.2 Å². The zero-order valence-electron chi connectivity index (χ0n) is 11.4. The number of carbonyl (C=O) groups excluding carboxylic acids is 1. The van der Waals surface area contributed by atoms with Crippen molar-refractivity contribution >= 4 is 12.0 Å². The van der Waals surface area contributed by atoms with E-state index in [0.29, 0.717) is 5.69 Å². The number of imidazole rings is 1. The number of rotatable bonds is 6. The third-order valence-corrected chi connectivity index (χ3v) is 3.15. The molecular weight excluding hydrogens is 248 g/mol. The van der Waals surface area contributed by atoms with E-state index in [1.165, 1.54) is 11.2 Å². The maximum Gasteiger partial charge on any atom is 0.326 e. The summed E-state index contributed by atoms with van der Waals surface area (Å²) in [5.74, 6) is -1.07. The molecule has 1 unspecified atom stereocenters. The Morgan fingerprint density at radius 1 is 1.58 bits per heavy atom. The molecule has 0 aromatic carbocycles. The maximum absolute atomic E-state index is 11.9. The summed E-state index contributed by atoms with van der Waals surface area (Å²) in [4.78, 5) is 31.2. The molecule has 0 saturated heterocycles. The summed E-state index contributed by atoms with van der Waals surface area (Å²) in [5.41, 5.74) is 0.666. The molecule has 0 radical (unpaired) electrons. The smallest absolute Gasteiger partial charge is 0.326 e. The lowest BCUT2D eigenvalue weighted by atomic mass is 10.1. The summed E-state index contributed by atoms with van der Waals surface area (Å²) in [6, 6.07) is -1.30. The number of carbonyl (C=O) groups is 2. The van der Waals surface area contributed by atoms with Crippen LogP contribution in [0.4, 0.5) is 4.79 Å². The number of carboxylic acid groups (broad SMARTS) is 1. The summed E-state index contributed by atoms with van der Waals surface area (Å²) in [5, 5.41) is 11.6. The molecule has 106 valence electrons. The molecule has 0 aliphatic carbocycles. The number of carboxylic acids is 1. The molecule has 0 spiro atoms. The van der Waals surface area contributed by atoms with Gasteiger partial charge < -0.3 is 20.3 Å². The Morgan fingerprint density at radius 2 is 2.26 bits per heavy atom. The van der Waals surface area contributed by atoms with Crippen molar-refractivity contribution in [2.24, 2.45) is 0 Å². The second kappa shape index (κ2) is 6.77. The molecular formula is C12H20N4O3. The minimum atomic E-state index is -1.07. The fraction of sp³-hybridized carbons (Fsp3) is 0.583. The van der Waals surface area contributed by atoms with E-state index in [1.54, 1.807) is 13.2 Å². The van der Waals surface area contributed by atoms with E-state index in [9.17, 15) is 9.59 Å². The van der Waals surface area contributed by atoms with Crippen LogP contribution in [0, 0.1) is 0 Å². The number of amides is 2. The van der Waals surface area contributed by atoms with Crippen molar-refractivity contribution in [3.63, 3.8) is 0 Å². The molecule has 1 heterocycles. The van der Waals surface area contributed by atoms with Crippen LogP contribution in [0.15, 0.2) is 12.5 Å². The Balaban J connectivity index is 2.63. The van der Waals surface area contributed by atoms with E-state index in [1.807, 2.05) is 13.8 Å². The Morgan fingerprint density at radius 3 is 2.74 bits per heavy atom. The zero-order valence-corrected chi connectivity index (χ0v) is 11.4. The monoisotopic (exact) mass is 268 g/mol. The van der Waals surface area contributed by atoms with Crippen LogP contribution in [0.2, 0.25) is 0 Å². The van der Waals surface area contributed by atoms with Gasteiger partial charge in [-0.2, -0.15) is 0 Å². The van der Waals surface area contributed by atoms with Gasteiger partial charge in [0.25, 0.3) is 0 Å². The predicted octanol–water partition coefficient (Wildman–Crippen LogP) is 0.845. The molecule has 1 aromatic heterocycles. The first-order valence-electron chi connectivity index (χ1n) is 6.19. The van der Waals surface area contributed by atoms with Gasteiger partial charge in [-0.3, -0.25) is 0 Å². The molecule has 2 atom stereocenters. The molecule has 0 fully saturated rings. The van der Waals surface area contributed by atoms with E-state index in [-0.39, 0.29) is 18.5 Å². The second-order valence-corrected chi connectivity index (χ2v) is 4.49. The van der Waals surface area contributed by atoms with Crippen molar-refractivity contribution in [1.29, 1.82) is 0 Å². The lowest BCUT2D eigenvalue weighted by Gasteiger charge is -2.26. The van der Waals surface area contributed by atoms with Crippen molar-refractivity contribution < 1.29 is 14.7 Å². The number of H-pyrrole nitrogens is 1. The van der Waals surface area contributed by atoms with Crippen molar-refractivity contribution in [2.45, 2.75) is 38.8 Å². The SMILES string of the molecule is CCC(C)N(C)C(=O)N[C@H](Cc1cnc[nH]1)C(=O)O.